The molecule has 0 bridgehead atoms. The van der Waals surface area contributed by atoms with Gasteiger partial charge in [0.25, 0.3) is 5.91 Å². The number of ether oxygens (including phenoxy) is 1. The van der Waals surface area contributed by atoms with E-state index in [-0.39, 0.29) is 17.3 Å². The molecule has 0 spiro atoms. The molecule has 0 atom stereocenters. The fourth-order valence-electron chi connectivity index (χ4n) is 1.69. The third kappa shape index (κ3) is 3.25. The summed E-state index contributed by atoms with van der Waals surface area (Å²) in [4.78, 5) is 27.8. The standard InChI is InChI=1S/C14H16N4O3/c1-8(2)11-16-12(18-17-11)13(19)15-10-7-5-4-6-9(10)14(20)21-3/h4-8H,1-3H3,(H,15,19)(H,16,17,18). The molecular formula is C14H16N4O3. The van der Waals surface area contributed by atoms with Crippen molar-refractivity contribution in [2.45, 2.75) is 19.8 Å². The lowest BCUT2D eigenvalue weighted by molar-refractivity contribution is 0.0602. The van der Waals surface area contributed by atoms with Crippen molar-refractivity contribution in [1.29, 1.82) is 0 Å². The zero-order valence-electron chi connectivity index (χ0n) is 12.0. The maximum atomic E-state index is 12.1. The Bertz CT molecular complexity index is 664. The maximum absolute atomic E-state index is 12.1. The molecule has 0 aliphatic carbocycles. The predicted octanol–water partition coefficient (Wildman–Crippen LogP) is 1.97. The number of aromatic amines is 1. The largest absolute Gasteiger partial charge is 0.465 e. The molecule has 0 saturated heterocycles. The zero-order chi connectivity index (χ0) is 15.4. The van der Waals surface area contributed by atoms with Gasteiger partial charge in [0.05, 0.1) is 18.4 Å². The molecule has 1 aromatic carbocycles. The second-order valence-corrected chi connectivity index (χ2v) is 4.69. The van der Waals surface area contributed by atoms with Crippen molar-refractivity contribution in [2.75, 3.05) is 12.4 Å². The fraction of sp³-hybridized carbons (Fsp3) is 0.286. The Hall–Kier alpha value is -2.70. The lowest BCUT2D eigenvalue weighted by atomic mass is 10.2. The molecule has 0 radical (unpaired) electrons. The van der Waals surface area contributed by atoms with Crippen LogP contribution in [0.3, 0.4) is 0 Å². The molecule has 1 amide bonds. The summed E-state index contributed by atoms with van der Waals surface area (Å²) in [5.41, 5.74) is 0.623. The van der Waals surface area contributed by atoms with E-state index in [0.29, 0.717) is 11.5 Å². The van der Waals surface area contributed by atoms with E-state index >= 15 is 0 Å². The van der Waals surface area contributed by atoms with Gasteiger partial charge in [-0.25, -0.2) is 9.78 Å². The second kappa shape index (κ2) is 6.17. The number of aromatic nitrogens is 3. The van der Waals surface area contributed by atoms with Gasteiger partial charge in [-0.3, -0.25) is 9.89 Å². The Labute approximate surface area is 121 Å². The predicted molar refractivity (Wildman–Crippen MR) is 76.2 cm³/mol. The van der Waals surface area contributed by atoms with Gasteiger partial charge in [0.1, 0.15) is 5.82 Å². The van der Waals surface area contributed by atoms with Gasteiger partial charge in [0.2, 0.25) is 5.82 Å². The van der Waals surface area contributed by atoms with Crippen LogP contribution in [0.25, 0.3) is 0 Å². The molecule has 0 fully saturated rings. The Morgan fingerprint density at radius 2 is 2.00 bits per heavy atom. The van der Waals surface area contributed by atoms with Crippen LogP contribution < -0.4 is 5.32 Å². The first-order valence-electron chi connectivity index (χ1n) is 6.44. The van der Waals surface area contributed by atoms with Crippen LogP contribution in [-0.4, -0.2) is 34.2 Å². The highest BCUT2D eigenvalue weighted by molar-refractivity contribution is 6.06. The molecule has 7 nitrogen and oxygen atoms in total. The second-order valence-electron chi connectivity index (χ2n) is 4.69. The van der Waals surface area contributed by atoms with E-state index in [1.807, 2.05) is 13.8 Å². The Balaban J connectivity index is 2.21. The highest BCUT2D eigenvalue weighted by atomic mass is 16.5. The van der Waals surface area contributed by atoms with Crippen molar-refractivity contribution in [3.05, 3.63) is 41.5 Å². The van der Waals surface area contributed by atoms with E-state index in [4.69, 9.17) is 0 Å². The third-order valence-electron chi connectivity index (χ3n) is 2.83. The number of benzene rings is 1. The SMILES string of the molecule is COC(=O)c1ccccc1NC(=O)c1n[nH]c(C(C)C)n1. The summed E-state index contributed by atoms with van der Waals surface area (Å²) >= 11 is 0. The summed E-state index contributed by atoms with van der Waals surface area (Å²) in [5.74, 6) is -0.223. The van der Waals surface area contributed by atoms with Crippen molar-refractivity contribution in [1.82, 2.24) is 15.2 Å². The molecule has 0 aliphatic heterocycles. The van der Waals surface area contributed by atoms with Gasteiger partial charge in [0.15, 0.2) is 0 Å². The minimum absolute atomic E-state index is 0.0263. The molecule has 21 heavy (non-hydrogen) atoms. The number of esters is 1. The summed E-state index contributed by atoms with van der Waals surface area (Å²) in [5, 5.41) is 9.18. The van der Waals surface area contributed by atoms with Crippen LogP contribution in [0.15, 0.2) is 24.3 Å². The highest BCUT2D eigenvalue weighted by Crippen LogP contribution is 2.17. The normalized spacial score (nSPS) is 10.5. The van der Waals surface area contributed by atoms with Crippen molar-refractivity contribution in [3.63, 3.8) is 0 Å². The van der Waals surface area contributed by atoms with E-state index < -0.39 is 11.9 Å². The average Bonchev–Trinajstić information content (AvgIpc) is 2.97. The molecule has 7 heteroatoms. The van der Waals surface area contributed by atoms with Crippen LogP contribution in [0.2, 0.25) is 0 Å². The number of anilines is 1. The number of nitrogens with zero attached hydrogens (tertiary/aromatic N) is 2. The van der Waals surface area contributed by atoms with Crippen LogP contribution in [-0.2, 0) is 4.74 Å². The number of hydrogen-bond donors (Lipinski definition) is 2. The van der Waals surface area contributed by atoms with Gasteiger partial charge in [-0.1, -0.05) is 26.0 Å². The topological polar surface area (TPSA) is 97.0 Å². The van der Waals surface area contributed by atoms with E-state index in [9.17, 15) is 9.59 Å². The monoisotopic (exact) mass is 288 g/mol. The molecule has 1 aromatic heterocycles. The van der Waals surface area contributed by atoms with Gasteiger partial charge >= 0.3 is 5.97 Å². The van der Waals surface area contributed by atoms with E-state index in [1.54, 1.807) is 24.3 Å². The molecule has 2 aromatic rings. The number of carbonyl (C=O) groups is 2. The minimum atomic E-state index is -0.524. The average molecular weight is 288 g/mol. The van der Waals surface area contributed by atoms with Crippen molar-refractivity contribution in [3.8, 4) is 0 Å². The number of nitrogens with one attached hydrogen (secondary N) is 2. The molecule has 0 unspecified atom stereocenters. The lowest BCUT2D eigenvalue weighted by Gasteiger charge is -2.07. The van der Waals surface area contributed by atoms with E-state index in [0.717, 1.165) is 0 Å². The number of H-pyrrole nitrogens is 1. The number of para-hydroxylation sites is 1. The summed E-state index contributed by atoms with van der Waals surface area (Å²) in [6.07, 6.45) is 0. The number of rotatable bonds is 4. The Kier molecular flexibility index (Phi) is 4.32. The quantitative estimate of drug-likeness (QED) is 0.838. The first-order chi connectivity index (χ1) is 10.0. The molecule has 1 heterocycles. The number of hydrogen-bond acceptors (Lipinski definition) is 5. The van der Waals surface area contributed by atoms with E-state index in [2.05, 4.69) is 25.2 Å². The lowest BCUT2D eigenvalue weighted by Crippen LogP contribution is -2.16. The number of carbonyl (C=O) groups excluding carboxylic acids is 2. The van der Waals surface area contributed by atoms with E-state index in [1.165, 1.54) is 7.11 Å². The molecular weight excluding hydrogens is 272 g/mol. The molecule has 2 rings (SSSR count). The number of methoxy groups -OCH3 is 1. The van der Waals surface area contributed by atoms with Crippen LogP contribution in [0.1, 0.15) is 46.6 Å². The van der Waals surface area contributed by atoms with Gasteiger partial charge < -0.3 is 10.1 Å². The van der Waals surface area contributed by atoms with Gasteiger partial charge in [0, 0.05) is 5.92 Å². The maximum Gasteiger partial charge on any atom is 0.339 e. The summed E-state index contributed by atoms with van der Waals surface area (Å²) in [7, 11) is 1.28. The smallest absolute Gasteiger partial charge is 0.339 e. The fourth-order valence-corrected chi connectivity index (χ4v) is 1.69. The summed E-state index contributed by atoms with van der Waals surface area (Å²) in [6.45, 7) is 3.88. The first-order valence-corrected chi connectivity index (χ1v) is 6.44. The third-order valence-corrected chi connectivity index (χ3v) is 2.83. The van der Waals surface area contributed by atoms with Gasteiger partial charge in [-0.05, 0) is 12.1 Å². The molecule has 0 aliphatic rings. The summed E-state index contributed by atoms with van der Waals surface area (Å²) in [6, 6.07) is 6.57. The molecule has 0 saturated carbocycles. The van der Waals surface area contributed by atoms with Crippen LogP contribution >= 0.6 is 0 Å². The first kappa shape index (κ1) is 14.7. The van der Waals surface area contributed by atoms with Crippen LogP contribution in [0.5, 0.6) is 0 Å². The van der Waals surface area contributed by atoms with Gasteiger partial charge in [-0.15, -0.1) is 5.10 Å². The summed E-state index contributed by atoms with van der Waals surface area (Å²) < 4.78 is 4.67. The minimum Gasteiger partial charge on any atom is -0.465 e. The van der Waals surface area contributed by atoms with Gasteiger partial charge in [-0.2, -0.15) is 0 Å². The zero-order valence-corrected chi connectivity index (χ0v) is 12.0. The van der Waals surface area contributed by atoms with Crippen LogP contribution in [0, 0.1) is 0 Å². The van der Waals surface area contributed by atoms with Crippen molar-refractivity contribution in [2.24, 2.45) is 0 Å². The van der Waals surface area contributed by atoms with Crippen LogP contribution in [0.4, 0.5) is 5.69 Å². The van der Waals surface area contributed by atoms with Crippen molar-refractivity contribution >= 4 is 17.6 Å². The Morgan fingerprint density at radius 3 is 2.62 bits per heavy atom. The Morgan fingerprint density at radius 1 is 1.29 bits per heavy atom. The molecule has 110 valence electrons. The van der Waals surface area contributed by atoms with Crippen molar-refractivity contribution < 1.29 is 14.3 Å². The molecule has 2 N–H and O–H groups in total. The number of amides is 1. The highest BCUT2D eigenvalue weighted by Gasteiger charge is 2.17.